The van der Waals surface area contributed by atoms with E-state index >= 15 is 0 Å². The Balaban J connectivity index is 0.000000514. The standard InChI is InChI=1S/C8H6O2S.2C7H6N2.C4H4OS.4C2H6/c9-11(10)6-5-7-3-1-2-4-8(7)11;1-2-6-9-7(3-1)4-5-8-9;1-2-5-9-6-4-8-7(9)3-1;5-6-3-1-2-4-6;4*1-2/h1-6H;2*1-6H;1-4H;4*1-2H3. The van der Waals surface area contributed by atoms with Gasteiger partial charge in [0.15, 0.2) is 9.84 Å². The number of allylic oxidation sites excluding steroid dienone is 2. The first-order valence-corrected chi connectivity index (χ1v) is 17.4. The second-order valence-corrected chi connectivity index (χ2v) is 10.2. The third kappa shape index (κ3) is 13.6. The summed E-state index contributed by atoms with van der Waals surface area (Å²) in [4.78, 5) is 4.50. The Morgan fingerprint density at radius 3 is 1.86 bits per heavy atom. The maximum absolute atomic E-state index is 11.2. The number of sulfone groups is 1. The fourth-order valence-corrected chi connectivity index (χ4v) is 4.92. The van der Waals surface area contributed by atoms with Gasteiger partial charge in [0.25, 0.3) is 0 Å². The minimum Gasteiger partial charge on any atom is -0.307 e. The Hall–Kier alpha value is -4.08. The molecular formula is C34H46N4O3S2. The molecule has 0 fully saturated rings. The van der Waals surface area contributed by atoms with E-state index in [2.05, 4.69) is 10.1 Å². The first-order valence-electron chi connectivity index (χ1n) is 14.6. The average Bonchev–Trinajstić information content (AvgIpc) is 3.90. The quantitative estimate of drug-likeness (QED) is 0.172. The normalized spacial score (nSPS) is 12.3. The van der Waals surface area contributed by atoms with Crippen molar-refractivity contribution in [1.29, 1.82) is 0 Å². The van der Waals surface area contributed by atoms with Crippen LogP contribution in [0.2, 0.25) is 0 Å². The Morgan fingerprint density at radius 2 is 1.28 bits per heavy atom. The molecule has 7 nitrogen and oxygen atoms in total. The van der Waals surface area contributed by atoms with Crippen molar-refractivity contribution < 1.29 is 12.6 Å². The molecular weight excluding hydrogens is 577 g/mol. The highest BCUT2D eigenvalue weighted by atomic mass is 32.2. The van der Waals surface area contributed by atoms with Crippen molar-refractivity contribution in [3.05, 3.63) is 132 Å². The van der Waals surface area contributed by atoms with Crippen molar-refractivity contribution >= 4 is 37.9 Å². The lowest BCUT2D eigenvalue weighted by Gasteiger charge is -1.94. The molecule has 0 amide bonds. The molecule has 0 N–H and O–H groups in total. The average molecular weight is 623 g/mol. The van der Waals surface area contributed by atoms with E-state index in [1.165, 1.54) is 5.41 Å². The molecule has 0 unspecified atom stereocenters. The van der Waals surface area contributed by atoms with E-state index in [0.29, 0.717) is 4.90 Å². The Morgan fingerprint density at radius 1 is 0.674 bits per heavy atom. The van der Waals surface area contributed by atoms with Crippen molar-refractivity contribution in [3.8, 4) is 0 Å². The molecule has 1 aromatic carbocycles. The maximum atomic E-state index is 11.2. The van der Waals surface area contributed by atoms with Gasteiger partial charge in [-0.05, 0) is 48.0 Å². The molecule has 43 heavy (non-hydrogen) atoms. The number of hydrogen-bond acceptors (Lipinski definition) is 5. The Labute approximate surface area is 260 Å². The zero-order chi connectivity index (χ0) is 32.5. The predicted molar refractivity (Wildman–Crippen MR) is 185 cm³/mol. The van der Waals surface area contributed by atoms with Gasteiger partial charge in [0.05, 0.1) is 21.2 Å². The summed E-state index contributed by atoms with van der Waals surface area (Å²) in [5, 5.41) is 8.55. The van der Waals surface area contributed by atoms with Gasteiger partial charge in [-0.25, -0.2) is 17.9 Å². The summed E-state index contributed by atoms with van der Waals surface area (Å²) in [5.74, 6) is 0. The summed E-state index contributed by atoms with van der Waals surface area (Å²) in [7, 11) is -3.87. The molecule has 0 saturated carbocycles. The highest BCUT2D eigenvalue weighted by molar-refractivity contribution is 7.94. The lowest BCUT2D eigenvalue weighted by Crippen LogP contribution is -1.91. The molecule has 0 aliphatic carbocycles. The number of aromatic nitrogens is 4. The van der Waals surface area contributed by atoms with Crippen LogP contribution < -0.4 is 0 Å². The lowest BCUT2D eigenvalue weighted by atomic mass is 10.2. The smallest absolute Gasteiger partial charge is 0.200 e. The van der Waals surface area contributed by atoms with Gasteiger partial charge in [0, 0.05) is 47.2 Å². The molecule has 7 rings (SSSR count). The van der Waals surface area contributed by atoms with Gasteiger partial charge >= 0.3 is 0 Å². The van der Waals surface area contributed by atoms with Crippen LogP contribution in [0, 0.1) is 0 Å². The largest absolute Gasteiger partial charge is 0.307 e. The van der Waals surface area contributed by atoms with Gasteiger partial charge in [-0.1, -0.05) is 97.9 Å². The molecule has 9 heteroatoms. The monoisotopic (exact) mass is 622 g/mol. The van der Waals surface area contributed by atoms with Crippen LogP contribution in [0.1, 0.15) is 61.0 Å². The second-order valence-electron chi connectivity index (χ2n) is 7.17. The number of benzene rings is 1. The highest BCUT2D eigenvalue weighted by Crippen LogP contribution is 2.25. The Kier molecular flexibility index (Phi) is 21.3. The van der Waals surface area contributed by atoms with Crippen molar-refractivity contribution in [2.45, 2.75) is 60.3 Å². The molecule has 2 aliphatic rings. The van der Waals surface area contributed by atoms with Crippen LogP contribution in [0.25, 0.3) is 17.2 Å². The summed E-state index contributed by atoms with van der Waals surface area (Å²) in [6.07, 6.45) is 14.6. The molecule has 232 valence electrons. The van der Waals surface area contributed by atoms with Gasteiger partial charge in [-0.2, -0.15) is 5.10 Å². The summed E-state index contributed by atoms with van der Waals surface area (Å²) < 4.78 is 36.3. The highest BCUT2D eigenvalue weighted by Gasteiger charge is 2.18. The van der Waals surface area contributed by atoms with Crippen LogP contribution in [0.15, 0.2) is 131 Å². The van der Waals surface area contributed by atoms with Crippen LogP contribution in [0.3, 0.4) is 0 Å². The molecule has 0 spiro atoms. The van der Waals surface area contributed by atoms with Crippen LogP contribution in [0.5, 0.6) is 0 Å². The van der Waals surface area contributed by atoms with Crippen LogP contribution in [0.4, 0.5) is 0 Å². The van der Waals surface area contributed by atoms with E-state index in [0.717, 1.165) is 16.7 Å². The van der Waals surface area contributed by atoms with Crippen LogP contribution in [-0.2, 0) is 20.6 Å². The molecule has 0 radical (unpaired) electrons. The summed E-state index contributed by atoms with van der Waals surface area (Å²) >= 11 is 0. The van der Waals surface area contributed by atoms with Crippen molar-refractivity contribution in [2.75, 3.05) is 0 Å². The van der Waals surface area contributed by atoms with Crippen molar-refractivity contribution in [2.24, 2.45) is 0 Å². The zero-order valence-corrected chi connectivity index (χ0v) is 28.2. The summed E-state index contributed by atoms with van der Waals surface area (Å²) in [6, 6.07) is 20.8. The number of nitrogens with zero attached hydrogens (tertiary/aromatic N) is 4. The summed E-state index contributed by atoms with van der Waals surface area (Å²) in [5.41, 5.74) is 2.92. The van der Waals surface area contributed by atoms with Gasteiger partial charge in [-0.15, -0.1) is 0 Å². The second kappa shape index (κ2) is 23.5. The first-order chi connectivity index (χ1) is 21.0. The maximum Gasteiger partial charge on any atom is 0.200 e. The lowest BCUT2D eigenvalue weighted by molar-refractivity contribution is 0.605. The van der Waals surface area contributed by atoms with Gasteiger partial charge in [0.1, 0.15) is 5.65 Å². The SMILES string of the molecule is CC.CC.CC.CC.O=S1(=O)C=Cc2ccccc21.O=S1C=CC=C1.c1ccn2ccnc2c1.c1ccn2nccc2c1. The fourth-order valence-electron chi connectivity index (χ4n) is 3.13. The molecule has 2 aliphatic heterocycles. The molecule has 4 aromatic heterocycles. The zero-order valence-electron chi connectivity index (χ0n) is 26.5. The Bertz CT molecular complexity index is 1510. The van der Waals surface area contributed by atoms with Gasteiger partial charge in [-0.3, -0.25) is 4.21 Å². The fraction of sp³-hybridized carbons (Fsp3) is 0.235. The van der Waals surface area contributed by atoms with Crippen LogP contribution >= 0.6 is 0 Å². The van der Waals surface area contributed by atoms with Gasteiger partial charge in [0.2, 0.25) is 0 Å². The minimum absolute atomic E-state index is 0.417. The molecule has 0 saturated heterocycles. The van der Waals surface area contributed by atoms with Gasteiger partial charge < -0.3 is 4.40 Å². The molecule has 5 aromatic rings. The van der Waals surface area contributed by atoms with E-state index in [-0.39, 0.29) is 0 Å². The molecule has 0 atom stereocenters. The first kappa shape index (κ1) is 38.9. The van der Waals surface area contributed by atoms with E-state index in [9.17, 15) is 12.6 Å². The molecule has 0 bridgehead atoms. The number of pyridine rings is 2. The van der Waals surface area contributed by atoms with Crippen molar-refractivity contribution in [1.82, 2.24) is 19.0 Å². The topological polar surface area (TPSA) is 85.8 Å². The number of hydrogen-bond donors (Lipinski definition) is 0. The molecule has 6 heterocycles. The minimum atomic E-state index is -3.09. The number of fused-ring (bicyclic) bond motifs is 3. The summed E-state index contributed by atoms with van der Waals surface area (Å²) in [6.45, 7) is 16.0. The van der Waals surface area contributed by atoms with E-state index < -0.39 is 20.6 Å². The van der Waals surface area contributed by atoms with E-state index in [1.807, 2.05) is 131 Å². The third-order valence-electron chi connectivity index (χ3n) is 4.80. The van der Waals surface area contributed by atoms with Crippen molar-refractivity contribution in [3.63, 3.8) is 0 Å². The van der Waals surface area contributed by atoms with E-state index in [1.54, 1.807) is 59.6 Å². The van der Waals surface area contributed by atoms with E-state index in [4.69, 9.17) is 0 Å². The number of imidazole rings is 1. The third-order valence-corrected chi connectivity index (χ3v) is 7.13. The van der Waals surface area contributed by atoms with Crippen LogP contribution in [-0.4, -0.2) is 31.6 Å². The predicted octanol–water partition coefficient (Wildman–Crippen LogP) is 8.99. The number of rotatable bonds is 0.